The first-order valence-electron chi connectivity index (χ1n) is 5.54. The van der Waals surface area contributed by atoms with Gasteiger partial charge in [-0.2, -0.15) is 0 Å². The molecule has 2 fully saturated rings. The summed E-state index contributed by atoms with van der Waals surface area (Å²) in [6, 6.07) is 0.576. The Hall–Kier alpha value is -0.610. The molecule has 1 amide bonds. The van der Waals surface area contributed by atoms with Crippen LogP contribution < -0.4 is 11.1 Å². The molecule has 14 heavy (non-hydrogen) atoms. The summed E-state index contributed by atoms with van der Waals surface area (Å²) in [5, 5.41) is 3.45. The summed E-state index contributed by atoms with van der Waals surface area (Å²) >= 11 is 0. The molecule has 2 aliphatic heterocycles. The zero-order valence-electron chi connectivity index (χ0n) is 8.54. The summed E-state index contributed by atoms with van der Waals surface area (Å²) in [5.74, 6) is -0.152. The van der Waals surface area contributed by atoms with Gasteiger partial charge in [0.1, 0.15) is 0 Å². The van der Waals surface area contributed by atoms with Crippen LogP contribution >= 0.6 is 0 Å². The van der Waals surface area contributed by atoms with Gasteiger partial charge in [0.2, 0.25) is 5.91 Å². The minimum atomic E-state index is -0.152. The minimum absolute atomic E-state index is 0.00241. The standard InChI is InChI=1S/C10H19N3O/c11-10(14)9-4-2-6-13(9)7-8-3-1-5-12-8/h8-9,12H,1-7H2,(H2,11,14)/t8-,9?/m0/s1. The Kier molecular flexibility index (Phi) is 3.03. The highest BCUT2D eigenvalue weighted by atomic mass is 16.1. The number of amides is 1. The highest BCUT2D eigenvalue weighted by Gasteiger charge is 2.30. The van der Waals surface area contributed by atoms with Crippen molar-refractivity contribution in [2.75, 3.05) is 19.6 Å². The molecule has 0 aromatic rings. The highest BCUT2D eigenvalue weighted by molar-refractivity contribution is 5.80. The smallest absolute Gasteiger partial charge is 0.234 e. The second-order valence-electron chi connectivity index (χ2n) is 4.35. The van der Waals surface area contributed by atoms with E-state index < -0.39 is 0 Å². The summed E-state index contributed by atoms with van der Waals surface area (Å²) in [5.41, 5.74) is 5.36. The van der Waals surface area contributed by atoms with Crippen molar-refractivity contribution in [2.24, 2.45) is 5.73 Å². The predicted octanol–water partition coefficient (Wildman–Crippen LogP) is -0.312. The average molecular weight is 197 g/mol. The molecule has 0 aromatic heterocycles. The third-order valence-corrected chi connectivity index (χ3v) is 3.31. The van der Waals surface area contributed by atoms with Crippen molar-refractivity contribution in [3.05, 3.63) is 0 Å². The molecule has 4 heteroatoms. The number of hydrogen-bond donors (Lipinski definition) is 2. The summed E-state index contributed by atoms with van der Waals surface area (Å²) in [7, 11) is 0. The number of likely N-dealkylation sites (tertiary alicyclic amines) is 1. The molecule has 80 valence electrons. The summed E-state index contributed by atoms with van der Waals surface area (Å²) in [6.07, 6.45) is 4.56. The van der Waals surface area contributed by atoms with Crippen LogP contribution in [-0.2, 0) is 4.79 Å². The molecule has 4 nitrogen and oxygen atoms in total. The van der Waals surface area contributed by atoms with E-state index in [4.69, 9.17) is 5.73 Å². The summed E-state index contributed by atoms with van der Waals surface area (Å²) in [6.45, 7) is 3.15. The van der Waals surface area contributed by atoms with Gasteiger partial charge in [-0.1, -0.05) is 0 Å². The third kappa shape index (κ3) is 2.07. The number of hydrogen-bond acceptors (Lipinski definition) is 3. The number of carbonyl (C=O) groups excluding carboxylic acids is 1. The summed E-state index contributed by atoms with van der Waals surface area (Å²) in [4.78, 5) is 13.4. The fourth-order valence-electron chi connectivity index (χ4n) is 2.56. The van der Waals surface area contributed by atoms with Crippen LogP contribution in [0.15, 0.2) is 0 Å². The topological polar surface area (TPSA) is 58.4 Å². The molecule has 0 aliphatic carbocycles. The van der Waals surface area contributed by atoms with E-state index in [0.717, 1.165) is 32.5 Å². The first-order chi connectivity index (χ1) is 6.77. The molecule has 2 heterocycles. The van der Waals surface area contributed by atoms with Crippen LogP contribution in [0.3, 0.4) is 0 Å². The van der Waals surface area contributed by atoms with Crippen molar-refractivity contribution in [2.45, 2.75) is 37.8 Å². The van der Waals surface area contributed by atoms with Crippen LogP contribution in [0.2, 0.25) is 0 Å². The first-order valence-corrected chi connectivity index (χ1v) is 5.54. The van der Waals surface area contributed by atoms with Crippen molar-refractivity contribution in [3.8, 4) is 0 Å². The lowest BCUT2D eigenvalue weighted by molar-refractivity contribution is -0.122. The fourth-order valence-corrected chi connectivity index (χ4v) is 2.56. The van der Waals surface area contributed by atoms with Gasteiger partial charge in [0.05, 0.1) is 6.04 Å². The first kappa shape index (κ1) is 9.93. The Bertz CT molecular complexity index is 213. The Morgan fingerprint density at radius 1 is 1.43 bits per heavy atom. The fraction of sp³-hybridized carbons (Fsp3) is 0.900. The second kappa shape index (κ2) is 4.28. The number of nitrogens with two attached hydrogens (primary N) is 1. The molecular formula is C10H19N3O. The largest absolute Gasteiger partial charge is 0.368 e. The van der Waals surface area contributed by atoms with Gasteiger partial charge in [0.25, 0.3) is 0 Å². The van der Waals surface area contributed by atoms with E-state index in [1.807, 2.05) is 0 Å². The van der Waals surface area contributed by atoms with Crippen LogP contribution in [0.1, 0.15) is 25.7 Å². The van der Waals surface area contributed by atoms with Crippen molar-refractivity contribution in [1.29, 1.82) is 0 Å². The zero-order valence-corrected chi connectivity index (χ0v) is 8.54. The second-order valence-corrected chi connectivity index (χ2v) is 4.35. The normalized spacial score (nSPS) is 33.7. The van der Waals surface area contributed by atoms with Crippen molar-refractivity contribution < 1.29 is 4.79 Å². The quantitative estimate of drug-likeness (QED) is 0.652. The zero-order chi connectivity index (χ0) is 9.97. The molecule has 0 bridgehead atoms. The molecule has 3 N–H and O–H groups in total. The molecule has 2 atom stereocenters. The predicted molar refractivity (Wildman–Crippen MR) is 54.8 cm³/mol. The molecule has 2 rings (SSSR count). The van der Waals surface area contributed by atoms with E-state index in [2.05, 4.69) is 10.2 Å². The lowest BCUT2D eigenvalue weighted by atomic mass is 10.2. The van der Waals surface area contributed by atoms with E-state index >= 15 is 0 Å². The van der Waals surface area contributed by atoms with Gasteiger partial charge in [-0.25, -0.2) is 0 Å². The van der Waals surface area contributed by atoms with Gasteiger partial charge >= 0.3 is 0 Å². The minimum Gasteiger partial charge on any atom is -0.368 e. The van der Waals surface area contributed by atoms with E-state index in [9.17, 15) is 4.79 Å². The maximum Gasteiger partial charge on any atom is 0.234 e. The Morgan fingerprint density at radius 2 is 2.29 bits per heavy atom. The Labute approximate surface area is 84.8 Å². The lowest BCUT2D eigenvalue weighted by Gasteiger charge is -2.25. The molecule has 0 spiro atoms. The van der Waals surface area contributed by atoms with Gasteiger partial charge in [0, 0.05) is 12.6 Å². The monoisotopic (exact) mass is 197 g/mol. The van der Waals surface area contributed by atoms with E-state index in [-0.39, 0.29) is 11.9 Å². The highest BCUT2D eigenvalue weighted by Crippen LogP contribution is 2.18. The summed E-state index contributed by atoms with van der Waals surface area (Å²) < 4.78 is 0. The van der Waals surface area contributed by atoms with Crippen LogP contribution in [0, 0.1) is 0 Å². The van der Waals surface area contributed by atoms with Gasteiger partial charge in [0.15, 0.2) is 0 Å². The van der Waals surface area contributed by atoms with Gasteiger partial charge in [-0.3, -0.25) is 9.69 Å². The average Bonchev–Trinajstić information content (AvgIpc) is 2.75. The van der Waals surface area contributed by atoms with Crippen LogP contribution in [-0.4, -0.2) is 42.5 Å². The molecule has 0 radical (unpaired) electrons. The van der Waals surface area contributed by atoms with Gasteiger partial charge in [-0.05, 0) is 38.8 Å². The third-order valence-electron chi connectivity index (χ3n) is 3.31. The number of nitrogens with one attached hydrogen (secondary N) is 1. The number of carbonyl (C=O) groups is 1. The SMILES string of the molecule is NC(=O)C1CCCN1C[C@@H]1CCCN1. The lowest BCUT2D eigenvalue weighted by Crippen LogP contribution is -2.45. The number of nitrogens with zero attached hydrogens (tertiary/aromatic N) is 1. The van der Waals surface area contributed by atoms with E-state index in [1.54, 1.807) is 0 Å². The van der Waals surface area contributed by atoms with E-state index in [1.165, 1.54) is 12.8 Å². The molecule has 0 aromatic carbocycles. The Balaban J connectivity index is 1.86. The maximum absolute atomic E-state index is 11.1. The van der Waals surface area contributed by atoms with Crippen LogP contribution in [0.25, 0.3) is 0 Å². The van der Waals surface area contributed by atoms with Gasteiger partial charge in [-0.15, -0.1) is 0 Å². The van der Waals surface area contributed by atoms with Gasteiger partial charge < -0.3 is 11.1 Å². The number of primary amides is 1. The van der Waals surface area contributed by atoms with Crippen molar-refractivity contribution in [1.82, 2.24) is 10.2 Å². The van der Waals surface area contributed by atoms with Crippen LogP contribution in [0.5, 0.6) is 0 Å². The molecule has 0 saturated carbocycles. The Morgan fingerprint density at radius 3 is 2.93 bits per heavy atom. The van der Waals surface area contributed by atoms with E-state index in [0.29, 0.717) is 6.04 Å². The maximum atomic E-state index is 11.1. The van der Waals surface area contributed by atoms with Crippen LogP contribution in [0.4, 0.5) is 0 Å². The molecule has 1 unspecified atom stereocenters. The number of rotatable bonds is 3. The van der Waals surface area contributed by atoms with Crippen molar-refractivity contribution in [3.63, 3.8) is 0 Å². The molecule has 2 saturated heterocycles. The van der Waals surface area contributed by atoms with Crippen molar-refractivity contribution >= 4 is 5.91 Å². The molecular weight excluding hydrogens is 178 g/mol. The molecule has 2 aliphatic rings.